The fourth-order valence-electron chi connectivity index (χ4n) is 4.05. The second-order valence-electron chi connectivity index (χ2n) is 9.44. The summed E-state index contributed by atoms with van der Waals surface area (Å²) in [5.74, 6) is 2.29. The highest BCUT2D eigenvalue weighted by Crippen LogP contribution is 2.35. The molecule has 4 rings (SSSR count). The Hall–Kier alpha value is -3.44. The van der Waals surface area contributed by atoms with Gasteiger partial charge in [0.2, 0.25) is 20.5 Å². The van der Waals surface area contributed by atoms with Crippen molar-refractivity contribution in [2.75, 3.05) is 23.0 Å². The Kier molecular flexibility index (Phi) is 13.0. The zero-order valence-electron chi connectivity index (χ0n) is 23.6. The SMILES string of the molecule is O=C(SCCCSC(=O)c1ccc(O)c(-c2ccccc2C(=O)SCCCSC(=O)c2ccccc2)c1)c1ccc(O)cc1. The van der Waals surface area contributed by atoms with Gasteiger partial charge in [-0.3, -0.25) is 19.2 Å². The predicted molar refractivity (Wildman–Crippen MR) is 184 cm³/mol. The van der Waals surface area contributed by atoms with Crippen molar-refractivity contribution < 1.29 is 29.4 Å². The first kappa shape index (κ1) is 33.5. The number of thioether (sulfide) groups is 4. The van der Waals surface area contributed by atoms with Crippen molar-refractivity contribution in [3.05, 3.63) is 119 Å². The van der Waals surface area contributed by atoms with Gasteiger partial charge in [-0.25, -0.2) is 0 Å². The van der Waals surface area contributed by atoms with Gasteiger partial charge in [0.05, 0.1) is 0 Å². The molecule has 6 nitrogen and oxygen atoms in total. The van der Waals surface area contributed by atoms with Crippen molar-refractivity contribution in [2.24, 2.45) is 0 Å². The lowest BCUT2D eigenvalue weighted by Gasteiger charge is -2.12. The Bertz CT molecular complexity index is 1610. The van der Waals surface area contributed by atoms with Crippen molar-refractivity contribution in [1.82, 2.24) is 0 Å². The molecule has 0 atom stereocenters. The molecule has 0 unspecified atom stereocenters. The van der Waals surface area contributed by atoms with Crippen LogP contribution in [0.5, 0.6) is 11.5 Å². The number of phenols is 2. The third kappa shape index (κ3) is 9.79. The second-order valence-corrected chi connectivity index (χ2v) is 13.7. The van der Waals surface area contributed by atoms with Crippen molar-refractivity contribution in [1.29, 1.82) is 0 Å². The van der Waals surface area contributed by atoms with Crippen LogP contribution in [0.1, 0.15) is 54.3 Å². The van der Waals surface area contributed by atoms with E-state index in [0.29, 0.717) is 69.2 Å². The average molecular weight is 663 g/mol. The summed E-state index contributed by atoms with van der Waals surface area (Å²) in [6, 6.07) is 26.8. The molecular weight excluding hydrogens is 633 g/mol. The topological polar surface area (TPSA) is 109 Å². The molecule has 0 aromatic heterocycles. The first-order valence-electron chi connectivity index (χ1n) is 13.8. The van der Waals surface area contributed by atoms with Crippen LogP contribution in [0.2, 0.25) is 0 Å². The van der Waals surface area contributed by atoms with Crippen molar-refractivity contribution in [2.45, 2.75) is 12.8 Å². The fraction of sp³-hybridized carbons (Fsp3) is 0.176. The van der Waals surface area contributed by atoms with E-state index >= 15 is 0 Å². The maximum Gasteiger partial charge on any atom is 0.219 e. The molecule has 0 bridgehead atoms. The van der Waals surface area contributed by atoms with Crippen molar-refractivity contribution >= 4 is 67.5 Å². The quantitative estimate of drug-likeness (QED) is 0.135. The van der Waals surface area contributed by atoms with Crippen LogP contribution in [-0.2, 0) is 0 Å². The normalized spacial score (nSPS) is 10.8. The smallest absolute Gasteiger partial charge is 0.219 e. The summed E-state index contributed by atoms with van der Waals surface area (Å²) in [6.45, 7) is 0. The first-order valence-corrected chi connectivity index (χ1v) is 17.7. The van der Waals surface area contributed by atoms with Gasteiger partial charge in [0.15, 0.2) is 0 Å². The van der Waals surface area contributed by atoms with Gasteiger partial charge in [-0.05, 0) is 66.9 Å². The van der Waals surface area contributed by atoms with Gasteiger partial charge in [0.1, 0.15) is 11.5 Å². The predicted octanol–water partition coefficient (Wildman–Crippen LogP) is 8.44. The van der Waals surface area contributed by atoms with E-state index in [-0.39, 0.29) is 32.0 Å². The molecule has 4 aromatic rings. The molecule has 0 heterocycles. The van der Waals surface area contributed by atoms with Crippen molar-refractivity contribution in [3.63, 3.8) is 0 Å². The molecule has 0 aliphatic heterocycles. The maximum absolute atomic E-state index is 13.1. The molecule has 226 valence electrons. The van der Waals surface area contributed by atoms with Crippen LogP contribution in [-0.4, -0.2) is 53.7 Å². The lowest BCUT2D eigenvalue weighted by Crippen LogP contribution is -2.01. The summed E-state index contributed by atoms with van der Waals surface area (Å²) in [4.78, 5) is 50.6. The number of benzene rings is 4. The number of hydrogen-bond acceptors (Lipinski definition) is 10. The van der Waals surface area contributed by atoms with Gasteiger partial charge in [-0.2, -0.15) is 0 Å². The zero-order chi connectivity index (χ0) is 31.3. The van der Waals surface area contributed by atoms with Gasteiger partial charge < -0.3 is 10.2 Å². The Labute approximate surface area is 273 Å². The van der Waals surface area contributed by atoms with E-state index in [4.69, 9.17) is 0 Å². The largest absolute Gasteiger partial charge is 0.508 e. The lowest BCUT2D eigenvalue weighted by molar-refractivity contribution is 0.108. The highest BCUT2D eigenvalue weighted by molar-refractivity contribution is 8.15. The van der Waals surface area contributed by atoms with Crippen LogP contribution >= 0.6 is 47.0 Å². The minimum atomic E-state index is -0.165. The molecule has 0 fully saturated rings. The van der Waals surface area contributed by atoms with E-state index in [1.807, 2.05) is 18.2 Å². The first-order chi connectivity index (χ1) is 21.3. The van der Waals surface area contributed by atoms with Crippen LogP contribution in [0.25, 0.3) is 11.1 Å². The van der Waals surface area contributed by atoms with Gasteiger partial charge in [-0.15, -0.1) is 0 Å². The van der Waals surface area contributed by atoms with Crippen LogP contribution in [0, 0.1) is 0 Å². The Morgan fingerprint density at radius 3 is 1.57 bits per heavy atom. The van der Waals surface area contributed by atoms with E-state index in [9.17, 15) is 29.4 Å². The molecule has 44 heavy (non-hydrogen) atoms. The molecule has 10 heteroatoms. The summed E-state index contributed by atoms with van der Waals surface area (Å²) in [6.07, 6.45) is 1.32. The van der Waals surface area contributed by atoms with Crippen LogP contribution in [0.3, 0.4) is 0 Å². The molecular formula is C34H30O6S4. The summed E-state index contributed by atoms with van der Waals surface area (Å²) < 4.78 is 0. The summed E-state index contributed by atoms with van der Waals surface area (Å²) in [5, 5.41) is 19.6. The number of hydrogen-bond donors (Lipinski definition) is 2. The van der Waals surface area contributed by atoms with Crippen LogP contribution in [0.4, 0.5) is 0 Å². The minimum Gasteiger partial charge on any atom is -0.508 e. The molecule has 0 saturated heterocycles. The van der Waals surface area contributed by atoms with Gasteiger partial charge in [-0.1, -0.05) is 95.6 Å². The summed E-state index contributed by atoms with van der Waals surface area (Å²) in [7, 11) is 0. The fourth-order valence-corrected chi connectivity index (χ4v) is 7.55. The molecule has 0 radical (unpaired) electrons. The van der Waals surface area contributed by atoms with Crippen LogP contribution in [0.15, 0.2) is 97.1 Å². The number of phenolic OH excluding ortho intramolecular Hbond substituents is 2. The van der Waals surface area contributed by atoms with Crippen LogP contribution < -0.4 is 0 Å². The molecule has 4 aromatic carbocycles. The highest BCUT2D eigenvalue weighted by atomic mass is 32.2. The number of carbonyl (C=O) groups is 4. The minimum absolute atomic E-state index is 0.00921. The standard InChI is InChI=1S/C34H30O6S4/c35-26-15-12-24(13-16-26)32(38)42-18-6-20-43-33(39)25-14-17-30(36)29(22-25)27-10-4-5-11-28(27)34(40)44-21-7-19-41-31(37)23-8-2-1-3-9-23/h1-5,8-17,22,35-36H,6-7,18-21H2. The van der Waals surface area contributed by atoms with E-state index < -0.39 is 0 Å². The van der Waals surface area contributed by atoms with Gasteiger partial charge in [0.25, 0.3) is 0 Å². The average Bonchev–Trinajstić information content (AvgIpc) is 3.05. The molecule has 0 saturated carbocycles. The zero-order valence-corrected chi connectivity index (χ0v) is 26.9. The third-order valence-electron chi connectivity index (χ3n) is 6.29. The lowest BCUT2D eigenvalue weighted by atomic mass is 9.98. The maximum atomic E-state index is 13.1. The molecule has 0 spiro atoms. The Morgan fingerprint density at radius 2 is 0.955 bits per heavy atom. The van der Waals surface area contributed by atoms with Gasteiger partial charge in [0, 0.05) is 50.8 Å². The molecule has 0 amide bonds. The summed E-state index contributed by atoms with van der Waals surface area (Å²) in [5.41, 5.74) is 2.96. The molecule has 0 aliphatic carbocycles. The number of aromatic hydroxyl groups is 2. The number of carbonyl (C=O) groups excluding carboxylic acids is 4. The highest BCUT2D eigenvalue weighted by Gasteiger charge is 2.18. The van der Waals surface area contributed by atoms with E-state index in [1.165, 1.54) is 53.5 Å². The Morgan fingerprint density at radius 1 is 0.477 bits per heavy atom. The number of rotatable bonds is 13. The molecule has 2 N–H and O–H groups in total. The molecule has 0 aliphatic rings. The van der Waals surface area contributed by atoms with E-state index in [2.05, 4.69) is 0 Å². The second kappa shape index (κ2) is 17.2. The van der Waals surface area contributed by atoms with E-state index in [0.717, 1.165) is 11.8 Å². The van der Waals surface area contributed by atoms with Crippen molar-refractivity contribution in [3.8, 4) is 22.6 Å². The van der Waals surface area contributed by atoms with E-state index in [1.54, 1.807) is 60.7 Å². The summed E-state index contributed by atoms with van der Waals surface area (Å²) >= 11 is 4.71. The van der Waals surface area contributed by atoms with Gasteiger partial charge >= 0.3 is 0 Å². The monoisotopic (exact) mass is 662 g/mol. The Balaban J connectivity index is 1.28. The third-order valence-corrected chi connectivity index (χ3v) is 10.2.